The van der Waals surface area contributed by atoms with Gasteiger partial charge in [-0.2, -0.15) is 0 Å². The van der Waals surface area contributed by atoms with Crippen molar-refractivity contribution >= 4 is 59.3 Å². The quantitative estimate of drug-likeness (QED) is 0.218. The van der Waals surface area contributed by atoms with E-state index in [-0.39, 0.29) is 0 Å². The molecule has 0 aliphatic heterocycles. The SMILES string of the molecule is CCC[CH2][Sn+]([CH3])[CH3].CCC[CH2][Sn+]([CH3])[CH3].CCC[CH2][Sn+]([CH3])[CH3].N#[C][Fe-3]([C]#N)([C]#N)([C]#N)([C]#N)[C]#N. The number of nitriles is 6. The van der Waals surface area contributed by atoms with Crippen molar-refractivity contribution in [2.45, 2.75) is 102 Å². The fourth-order valence-electron chi connectivity index (χ4n) is 1.86. The van der Waals surface area contributed by atoms with Gasteiger partial charge in [0.1, 0.15) is 0 Å². The fourth-order valence-corrected chi connectivity index (χ4v) is 11.8. The topological polar surface area (TPSA) is 143 Å². The van der Waals surface area contributed by atoms with Crippen molar-refractivity contribution in [1.82, 2.24) is 0 Å². The monoisotopic (exact) mass is 833 g/mol. The Morgan fingerprint density at radius 3 is 0.647 bits per heavy atom. The average molecular weight is 830 g/mol. The van der Waals surface area contributed by atoms with Gasteiger partial charge in [0.15, 0.2) is 0 Å². The zero-order valence-corrected chi connectivity index (χ0v) is 32.6. The van der Waals surface area contributed by atoms with Gasteiger partial charge in [0.05, 0.1) is 0 Å². The van der Waals surface area contributed by atoms with E-state index < -0.39 is 70.0 Å². The second-order valence-electron chi connectivity index (χ2n) is 8.73. The number of nitrogens with zero attached hydrogens (tertiary/aromatic N) is 6. The molecule has 0 radical (unpaired) electrons. The van der Waals surface area contributed by atoms with E-state index in [1.807, 2.05) is 0 Å². The van der Waals surface area contributed by atoms with Gasteiger partial charge in [0.2, 0.25) is 0 Å². The Morgan fingerprint density at radius 1 is 0.441 bits per heavy atom. The van der Waals surface area contributed by atoms with Crippen LogP contribution in [0.2, 0.25) is 42.9 Å². The van der Waals surface area contributed by atoms with Gasteiger partial charge >= 0.3 is 234 Å². The van der Waals surface area contributed by atoms with Crippen LogP contribution in [0.4, 0.5) is 0 Å². The molecule has 10 heteroatoms. The second kappa shape index (κ2) is 22.1. The first-order chi connectivity index (χ1) is 15.8. The van der Waals surface area contributed by atoms with E-state index in [4.69, 9.17) is 31.6 Å². The molecule has 34 heavy (non-hydrogen) atoms. The van der Waals surface area contributed by atoms with E-state index in [1.165, 1.54) is 38.5 Å². The van der Waals surface area contributed by atoms with Crippen molar-refractivity contribution < 1.29 is 10.7 Å². The van der Waals surface area contributed by atoms with Gasteiger partial charge in [-0.1, -0.05) is 0 Å². The van der Waals surface area contributed by atoms with Crippen molar-refractivity contribution in [2.24, 2.45) is 0 Å². The molecular formula is C24H45FeN6Sn3. The molecule has 0 unspecified atom stereocenters. The molecular weight excluding hydrogens is 784 g/mol. The summed E-state index contributed by atoms with van der Waals surface area (Å²) in [6.45, 7) is 6.81. The van der Waals surface area contributed by atoms with Crippen LogP contribution in [0.25, 0.3) is 0 Å². The molecule has 6 nitrogen and oxygen atoms in total. The predicted octanol–water partition coefficient (Wildman–Crippen LogP) is 7.72. The van der Waals surface area contributed by atoms with Crippen molar-refractivity contribution in [3.05, 3.63) is 0 Å². The Kier molecular flexibility index (Phi) is 26.6. The van der Waals surface area contributed by atoms with E-state index >= 15 is 0 Å². The molecule has 0 rings (SSSR count). The normalized spacial score (nSPS) is 10.7. The van der Waals surface area contributed by atoms with Gasteiger partial charge in [0.25, 0.3) is 0 Å². The third kappa shape index (κ3) is 17.3. The summed E-state index contributed by atoms with van der Waals surface area (Å²) in [4.78, 5) is 21.0. The molecule has 0 saturated carbocycles. The number of hydrogen-bond donors (Lipinski definition) is 0. The molecule has 0 N–H and O–H groups in total. The Morgan fingerprint density at radius 2 is 0.618 bits per heavy atom. The Bertz CT molecular complexity index is 642. The summed E-state index contributed by atoms with van der Waals surface area (Å²) in [6, 6.07) is 0. The molecule has 0 heterocycles. The molecule has 0 amide bonds. The zero-order valence-electron chi connectivity index (χ0n) is 22.9. The van der Waals surface area contributed by atoms with Gasteiger partial charge in [-0.05, 0) is 0 Å². The summed E-state index contributed by atoms with van der Waals surface area (Å²) in [5.74, 6) is 0. The van der Waals surface area contributed by atoms with Crippen LogP contribution in [0.5, 0.6) is 0 Å². The molecule has 0 aliphatic carbocycles. The van der Waals surface area contributed by atoms with Crippen molar-refractivity contribution in [2.75, 3.05) is 0 Å². The molecule has 0 bridgehead atoms. The van der Waals surface area contributed by atoms with E-state index in [9.17, 15) is 0 Å². The van der Waals surface area contributed by atoms with E-state index in [2.05, 4.69) is 50.4 Å². The Labute approximate surface area is 231 Å². The van der Waals surface area contributed by atoms with Crippen LogP contribution in [-0.2, 0) is 10.7 Å². The summed E-state index contributed by atoms with van der Waals surface area (Å²) in [6.07, 6.45) is 8.65. The van der Waals surface area contributed by atoms with Gasteiger partial charge in [-0.3, -0.25) is 0 Å². The molecule has 0 aromatic heterocycles. The first-order valence-corrected chi connectivity index (χ1v) is 38.1. The average Bonchev–Trinajstić information content (AvgIpc) is 2.85. The van der Waals surface area contributed by atoms with E-state index in [1.54, 1.807) is 13.3 Å². The predicted molar refractivity (Wildman–Crippen MR) is 145 cm³/mol. The van der Waals surface area contributed by atoms with Crippen LogP contribution in [0.1, 0.15) is 59.3 Å². The molecule has 191 valence electrons. The third-order valence-corrected chi connectivity index (χ3v) is 19.6. The van der Waals surface area contributed by atoms with Crippen LogP contribution in [0, 0.1) is 61.4 Å². The number of unbranched alkanes of at least 4 members (excludes halogenated alkanes) is 3. The molecule has 0 aromatic rings. The molecule has 0 aromatic carbocycles. The maximum absolute atomic E-state index is 8.58. The second-order valence-corrected chi connectivity index (χ2v) is 39.3. The Hall–Kier alpha value is -0.144. The molecule has 0 atom stereocenters. The molecule has 0 fully saturated rings. The van der Waals surface area contributed by atoms with Crippen LogP contribution in [0.3, 0.4) is 0 Å². The van der Waals surface area contributed by atoms with Gasteiger partial charge < -0.3 is 0 Å². The summed E-state index contributed by atoms with van der Waals surface area (Å²) in [5.41, 5.74) is 0. The van der Waals surface area contributed by atoms with Crippen molar-refractivity contribution in [1.29, 1.82) is 31.6 Å². The van der Waals surface area contributed by atoms with E-state index in [0.29, 0.717) is 0 Å². The fraction of sp³-hybridized carbons (Fsp3) is 0.750. The van der Waals surface area contributed by atoms with Crippen molar-refractivity contribution in [3.8, 4) is 29.8 Å². The van der Waals surface area contributed by atoms with Crippen LogP contribution in [0.15, 0.2) is 0 Å². The molecule has 0 aliphatic rings. The summed E-state index contributed by atoms with van der Waals surface area (Å²) >= 11 is -1.93. The van der Waals surface area contributed by atoms with Gasteiger partial charge in [-0.15, -0.1) is 0 Å². The Balaban J connectivity index is -0.000000186. The third-order valence-electron chi connectivity index (χ3n) is 4.28. The maximum atomic E-state index is 8.58. The van der Waals surface area contributed by atoms with Crippen LogP contribution < -0.4 is 0 Å². The van der Waals surface area contributed by atoms with Crippen LogP contribution >= 0.6 is 0 Å². The minimum atomic E-state index is -6.17. The first kappa shape index (κ1) is 41.0. The van der Waals surface area contributed by atoms with Crippen LogP contribution in [-0.4, -0.2) is 59.3 Å². The van der Waals surface area contributed by atoms with Crippen molar-refractivity contribution in [3.63, 3.8) is 0 Å². The number of rotatable bonds is 9. The molecule has 0 spiro atoms. The minimum absolute atomic E-state index is 0.642. The van der Waals surface area contributed by atoms with Gasteiger partial charge in [0, 0.05) is 0 Å². The summed E-state index contributed by atoms with van der Waals surface area (Å²) < 4.78 is 4.79. The number of hydrogen-bond acceptors (Lipinski definition) is 6. The molecule has 0 saturated heterocycles. The summed E-state index contributed by atoms with van der Waals surface area (Å²) in [5, 5.41) is 51.5. The zero-order chi connectivity index (χ0) is 27.7. The standard InChI is InChI=1S/3C4H9.6CN.6CH3.Fe.3Sn/c3*1-3-4-2;6*1-2;;;;;;;;;;/h3*1,3-4H2,2H3;;;;;;;6*1H3;;;;/q;;;;;;;;;;;;;;;-3;3*+1. The summed E-state index contributed by atoms with van der Waals surface area (Å²) in [7, 11) is -6.17. The van der Waals surface area contributed by atoms with Gasteiger partial charge in [-0.25, -0.2) is 0 Å². The van der Waals surface area contributed by atoms with E-state index in [0.717, 1.165) is 29.8 Å². The first-order valence-electron chi connectivity index (χ1n) is 11.6.